The molecule has 1 aliphatic rings. The van der Waals surface area contributed by atoms with Crippen LogP contribution < -0.4 is 0 Å². The van der Waals surface area contributed by atoms with Crippen molar-refractivity contribution in [1.29, 1.82) is 0 Å². The second-order valence-electron chi connectivity index (χ2n) is 6.50. The van der Waals surface area contributed by atoms with E-state index in [4.69, 9.17) is 0 Å². The molecular weight excluding hydrogens is 252 g/mol. The van der Waals surface area contributed by atoms with Crippen LogP contribution in [0.1, 0.15) is 60.3 Å². The fourth-order valence-electron chi connectivity index (χ4n) is 3.35. The van der Waals surface area contributed by atoms with Crippen molar-refractivity contribution in [2.24, 2.45) is 0 Å². The summed E-state index contributed by atoms with van der Waals surface area (Å²) < 4.78 is 0. The number of piperidine rings is 1. The number of hydrogen-bond acceptors (Lipinski definition) is 3. The summed E-state index contributed by atoms with van der Waals surface area (Å²) in [7, 11) is 0. The lowest BCUT2D eigenvalue weighted by Crippen LogP contribution is -2.53. The van der Waals surface area contributed by atoms with Crippen LogP contribution in [0.25, 0.3) is 0 Å². The van der Waals surface area contributed by atoms with Crippen molar-refractivity contribution in [3.05, 3.63) is 0 Å². The molecule has 0 aliphatic carbocycles. The van der Waals surface area contributed by atoms with Crippen LogP contribution >= 0.6 is 0 Å². The van der Waals surface area contributed by atoms with Crippen LogP contribution in [0.2, 0.25) is 0 Å². The largest absolute Gasteiger partial charge is 0.392 e. The molecule has 2 unspecified atom stereocenters. The molecule has 2 atom stereocenters. The maximum atomic E-state index is 12.6. The van der Waals surface area contributed by atoms with Gasteiger partial charge in [-0.3, -0.25) is 9.69 Å². The Morgan fingerprint density at radius 2 is 1.85 bits per heavy atom. The van der Waals surface area contributed by atoms with Crippen molar-refractivity contribution < 1.29 is 9.90 Å². The molecule has 1 fully saturated rings. The summed E-state index contributed by atoms with van der Waals surface area (Å²) in [5.74, 6) is 0.185. The molecule has 0 saturated carbocycles. The van der Waals surface area contributed by atoms with Gasteiger partial charge < -0.3 is 10.0 Å². The minimum atomic E-state index is -0.311. The van der Waals surface area contributed by atoms with E-state index in [9.17, 15) is 9.90 Å². The van der Waals surface area contributed by atoms with Crippen molar-refractivity contribution in [1.82, 2.24) is 9.80 Å². The third-order valence-electron chi connectivity index (χ3n) is 4.27. The number of aliphatic hydroxyl groups excluding tert-OH is 1. The quantitative estimate of drug-likeness (QED) is 0.813. The highest BCUT2D eigenvalue weighted by Gasteiger charge is 2.31. The molecule has 1 saturated heterocycles. The number of aliphatic hydroxyl groups is 1. The van der Waals surface area contributed by atoms with Gasteiger partial charge in [0.1, 0.15) is 0 Å². The fraction of sp³-hybridized carbons (Fsp3) is 0.938. The molecule has 0 aromatic rings. The van der Waals surface area contributed by atoms with E-state index >= 15 is 0 Å². The predicted molar refractivity (Wildman–Crippen MR) is 82.6 cm³/mol. The van der Waals surface area contributed by atoms with Gasteiger partial charge in [0.15, 0.2) is 0 Å². The van der Waals surface area contributed by atoms with E-state index in [-0.39, 0.29) is 30.1 Å². The molecule has 0 aromatic carbocycles. The summed E-state index contributed by atoms with van der Waals surface area (Å²) in [6, 6.07) is 0.600. The maximum Gasteiger partial charge on any atom is 0.237 e. The van der Waals surface area contributed by atoms with Gasteiger partial charge in [-0.05, 0) is 53.5 Å². The van der Waals surface area contributed by atoms with Gasteiger partial charge in [-0.15, -0.1) is 0 Å². The average molecular weight is 284 g/mol. The van der Waals surface area contributed by atoms with Gasteiger partial charge in [0.2, 0.25) is 5.91 Å². The molecule has 4 nitrogen and oxygen atoms in total. The predicted octanol–water partition coefficient (Wildman–Crippen LogP) is 2.26. The standard InChI is InChI=1S/C16H32N2O2/c1-6-15(19)14-9-7-8-10-17(14)11-16(20)18(12(2)3)13(4)5/h12-15,19H,6-11H2,1-5H3. The Hall–Kier alpha value is -0.610. The lowest BCUT2D eigenvalue weighted by atomic mass is 9.96. The summed E-state index contributed by atoms with van der Waals surface area (Å²) in [6.45, 7) is 11.6. The maximum absolute atomic E-state index is 12.6. The molecule has 20 heavy (non-hydrogen) atoms. The molecule has 0 spiro atoms. The van der Waals surface area contributed by atoms with Crippen LogP contribution in [-0.2, 0) is 4.79 Å². The van der Waals surface area contributed by atoms with Gasteiger partial charge >= 0.3 is 0 Å². The summed E-state index contributed by atoms with van der Waals surface area (Å²) in [5, 5.41) is 10.2. The topological polar surface area (TPSA) is 43.8 Å². The number of hydrogen-bond donors (Lipinski definition) is 1. The summed E-state index contributed by atoms with van der Waals surface area (Å²) in [5.41, 5.74) is 0. The molecule has 1 rings (SSSR count). The van der Waals surface area contributed by atoms with Crippen molar-refractivity contribution in [3.8, 4) is 0 Å². The summed E-state index contributed by atoms with van der Waals surface area (Å²) >= 11 is 0. The minimum Gasteiger partial charge on any atom is -0.392 e. The Morgan fingerprint density at radius 1 is 1.25 bits per heavy atom. The van der Waals surface area contributed by atoms with Crippen LogP contribution in [0.15, 0.2) is 0 Å². The first-order chi connectivity index (χ1) is 9.38. The van der Waals surface area contributed by atoms with E-state index in [0.717, 1.165) is 32.2 Å². The molecule has 118 valence electrons. The van der Waals surface area contributed by atoms with Gasteiger partial charge in [0.25, 0.3) is 0 Å². The van der Waals surface area contributed by atoms with Crippen molar-refractivity contribution >= 4 is 5.91 Å². The van der Waals surface area contributed by atoms with Crippen LogP contribution in [0.4, 0.5) is 0 Å². The fourth-order valence-corrected chi connectivity index (χ4v) is 3.35. The van der Waals surface area contributed by atoms with E-state index in [0.29, 0.717) is 6.54 Å². The van der Waals surface area contributed by atoms with E-state index in [1.54, 1.807) is 0 Å². The molecular formula is C16H32N2O2. The first kappa shape index (κ1) is 17.4. The van der Waals surface area contributed by atoms with E-state index in [1.807, 2.05) is 11.8 Å². The highest BCUT2D eigenvalue weighted by atomic mass is 16.3. The smallest absolute Gasteiger partial charge is 0.237 e. The van der Waals surface area contributed by atoms with Crippen molar-refractivity contribution in [3.63, 3.8) is 0 Å². The Morgan fingerprint density at radius 3 is 2.35 bits per heavy atom. The highest BCUT2D eigenvalue weighted by Crippen LogP contribution is 2.21. The molecule has 1 N–H and O–H groups in total. The second-order valence-corrected chi connectivity index (χ2v) is 6.50. The van der Waals surface area contributed by atoms with Crippen LogP contribution in [-0.4, -0.2) is 58.1 Å². The molecule has 0 radical (unpaired) electrons. The molecule has 0 aromatic heterocycles. The SMILES string of the molecule is CCC(O)C1CCCCN1CC(=O)N(C(C)C)C(C)C. The monoisotopic (exact) mass is 284 g/mol. The van der Waals surface area contributed by atoms with Gasteiger partial charge in [0, 0.05) is 18.1 Å². The molecule has 1 heterocycles. The molecule has 4 heteroatoms. The van der Waals surface area contributed by atoms with Gasteiger partial charge in [-0.2, -0.15) is 0 Å². The molecule has 0 bridgehead atoms. The van der Waals surface area contributed by atoms with E-state index in [1.165, 1.54) is 0 Å². The number of carbonyl (C=O) groups excluding carboxylic acids is 1. The minimum absolute atomic E-state index is 0.152. The Balaban J connectivity index is 2.70. The first-order valence-corrected chi connectivity index (χ1v) is 8.11. The van der Waals surface area contributed by atoms with Gasteiger partial charge in [0.05, 0.1) is 12.6 Å². The highest BCUT2D eigenvalue weighted by molar-refractivity contribution is 5.78. The Bertz CT molecular complexity index is 297. The normalized spacial score (nSPS) is 22.3. The van der Waals surface area contributed by atoms with E-state index in [2.05, 4.69) is 32.6 Å². The average Bonchev–Trinajstić information content (AvgIpc) is 2.37. The third kappa shape index (κ3) is 4.45. The van der Waals surface area contributed by atoms with Crippen LogP contribution in [0, 0.1) is 0 Å². The lowest BCUT2D eigenvalue weighted by molar-refractivity contribution is -0.137. The second kappa shape index (κ2) is 7.99. The van der Waals surface area contributed by atoms with Crippen LogP contribution in [0.3, 0.4) is 0 Å². The Labute approximate surface area is 124 Å². The van der Waals surface area contributed by atoms with Gasteiger partial charge in [-0.25, -0.2) is 0 Å². The lowest BCUT2D eigenvalue weighted by Gasteiger charge is -2.40. The zero-order valence-electron chi connectivity index (χ0n) is 13.8. The molecule has 1 aliphatic heterocycles. The zero-order valence-corrected chi connectivity index (χ0v) is 13.8. The van der Waals surface area contributed by atoms with Crippen LogP contribution in [0.5, 0.6) is 0 Å². The number of likely N-dealkylation sites (tertiary alicyclic amines) is 1. The van der Waals surface area contributed by atoms with E-state index < -0.39 is 0 Å². The summed E-state index contributed by atoms with van der Waals surface area (Å²) in [6.07, 6.45) is 3.74. The number of carbonyl (C=O) groups is 1. The van der Waals surface area contributed by atoms with Crippen molar-refractivity contribution in [2.75, 3.05) is 13.1 Å². The third-order valence-corrected chi connectivity index (χ3v) is 4.27. The molecule has 1 amide bonds. The van der Waals surface area contributed by atoms with Gasteiger partial charge in [-0.1, -0.05) is 13.3 Å². The number of rotatable bonds is 6. The zero-order chi connectivity index (χ0) is 15.3. The number of amides is 1. The van der Waals surface area contributed by atoms with Crippen molar-refractivity contribution in [2.45, 2.75) is 84.5 Å². The summed E-state index contributed by atoms with van der Waals surface area (Å²) in [4.78, 5) is 16.7. The Kier molecular flexibility index (Phi) is 6.96. The number of nitrogens with zero attached hydrogens (tertiary/aromatic N) is 2. The first-order valence-electron chi connectivity index (χ1n) is 8.11.